The van der Waals surface area contributed by atoms with Gasteiger partial charge in [0.2, 0.25) is 0 Å². The van der Waals surface area contributed by atoms with Crippen LogP contribution in [0.15, 0.2) is 12.4 Å². The van der Waals surface area contributed by atoms with E-state index in [1.54, 1.807) is 12.4 Å². The van der Waals surface area contributed by atoms with Gasteiger partial charge in [0.1, 0.15) is 0 Å². The maximum atomic E-state index is 4.34. The van der Waals surface area contributed by atoms with Gasteiger partial charge in [0, 0.05) is 12.4 Å². The highest BCUT2D eigenvalue weighted by Crippen LogP contribution is 2.22. The predicted octanol–water partition coefficient (Wildman–Crippen LogP) is 1.21. The summed E-state index contributed by atoms with van der Waals surface area (Å²) in [4.78, 5) is 8.56. The Bertz CT molecular complexity index is 266. The summed E-state index contributed by atoms with van der Waals surface area (Å²) in [6.45, 7) is 3.13. The van der Waals surface area contributed by atoms with E-state index in [4.69, 9.17) is 0 Å². The highest BCUT2D eigenvalue weighted by Gasteiger charge is 2.18. The van der Waals surface area contributed by atoms with Crippen molar-refractivity contribution >= 4 is 0 Å². The van der Waals surface area contributed by atoms with Gasteiger partial charge in [-0.2, -0.15) is 0 Å². The van der Waals surface area contributed by atoms with Gasteiger partial charge in [-0.25, -0.2) is 0 Å². The first-order chi connectivity index (χ1) is 5.88. The molecule has 1 aromatic heterocycles. The lowest BCUT2D eigenvalue weighted by Crippen LogP contribution is -2.15. The number of aryl methyl sites for hydroxylation is 1. The van der Waals surface area contributed by atoms with Crippen molar-refractivity contribution in [2.45, 2.75) is 25.8 Å². The van der Waals surface area contributed by atoms with Gasteiger partial charge in [0.05, 0.1) is 17.4 Å². The molecule has 0 unspecified atom stereocenters. The molecule has 0 aromatic carbocycles. The second-order valence-corrected chi connectivity index (χ2v) is 3.18. The van der Waals surface area contributed by atoms with E-state index in [0.29, 0.717) is 6.04 Å². The van der Waals surface area contributed by atoms with Crippen molar-refractivity contribution in [2.24, 2.45) is 0 Å². The minimum Gasteiger partial charge on any atom is -0.309 e. The van der Waals surface area contributed by atoms with Crippen LogP contribution in [0.3, 0.4) is 0 Å². The summed E-state index contributed by atoms with van der Waals surface area (Å²) in [5, 5.41) is 3.41. The number of hydrogen-bond acceptors (Lipinski definition) is 3. The average Bonchev–Trinajstić information content (AvgIpc) is 2.57. The Hall–Kier alpha value is -0.960. The fraction of sp³-hybridized carbons (Fsp3) is 0.556. The van der Waals surface area contributed by atoms with E-state index in [2.05, 4.69) is 15.3 Å². The van der Waals surface area contributed by atoms with Crippen LogP contribution in [0.2, 0.25) is 0 Å². The molecular weight excluding hydrogens is 150 g/mol. The molecule has 0 radical (unpaired) electrons. The van der Waals surface area contributed by atoms with Crippen molar-refractivity contribution in [1.29, 1.82) is 0 Å². The van der Waals surface area contributed by atoms with Crippen LogP contribution in [-0.4, -0.2) is 16.5 Å². The molecule has 1 fully saturated rings. The molecule has 0 saturated carbocycles. The second kappa shape index (κ2) is 3.19. The van der Waals surface area contributed by atoms with Crippen molar-refractivity contribution in [1.82, 2.24) is 15.3 Å². The Morgan fingerprint density at radius 2 is 2.25 bits per heavy atom. The zero-order valence-corrected chi connectivity index (χ0v) is 7.25. The van der Waals surface area contributed by atoms with Gasteiger partial charge in [-0.3, -0.25) is 9.97 Å². The third-order valence-electron chi connectivity index (χ3n) is 2.31. The fourth-order valence-electron chi connectivity index (χ4n) is 1.68. The zero-order chi connectivity index (χ0) is 8.39. The molecule has 1 atom stereocenters. The largest absolute Gasteiger partial charge is 0.309 e. The number of hydrogen-bond donors (Lipinski definition) is 1. The Balaban J connectivity index is 2.26. The molecular formula is C9H13N3. The lowest BCUT2D eigenvalue weighted by molar-refractivity contribution is 0.618. The zero-order valence-electron chi connectivity index (χ0n) is 7.25. The Morgan fingerprint density at radius 3 is 2.92 bits per heavy atom. The SMILES string of the molecule is Cc1nccnc1[C@@H]1CCCN1. The van der Waals surface area contributed by atoms with Gasteiger partial charge < -0.3 is 5.32 Å². The highest BCUT2D eigenvalue weighted by molar-refractivity contribution is 5.14. The molecule has 1 aromatic rings. The van der Waals surface area contributed by atoms with E-state index < -0.39 is 0 Å². The van der Waals surface area contributed by atoms with Crippen molar-refractivity contribution in [2.75, 3.05) is 6.54 Å². The number of nitrogens with zero attached hydrogens (tertiary/aromatic N) is 2. The smallest absolute Gasteiger partial charge is 0.0785 e. The summed E-state index contributed by atoms with van der Waals surface area (Å²) in [6.07, 6.45) is 5.95. The summed E-state index contributed by atoms with van der Waals surface area (Å²) in [7, 11) is 0. The van der Waals surface area contributed by atoms with E-state index >= 15 is 0 Å². The first kappa shape index (κ1) is 7.68. The molecule has 1 aliphatic rings. The Labute approximate surface area is 72.2 Å². The van der Waals surface area contributed by atoms with Gasteiger partial charge in [0.15, 0.2) is 0 Å². The molecule has 2 rings (SSSR count). The van der Waals surface area contributed by atoms with E-state index in [9.17, 15) is 0 Å². The number of nitrogens with one attached hydrogen (secondary N) is 1. The molecule has 0 bridgehead atoms. The van der Waals surface area contributed by atoms with Crippen LogP contribution in [0.25, 0.3) is 0 Å². The van der Waals surface area contributed by atoms with Crippen LogP contribution in [-0.2, 0) is 0 Å². The Morgan fingerprint density at radius 1 is 1.42 bits per heavy atom. The van der Waals surface area contributed by atoms with Crippen LogP contribution in [0.4, 0.5) is 0 Å². The third kappa shape index (κ3) is 1.32. The molecule has 3 heteroatoms. The van der Waals surface area contributed by atoms with Gasteiger partial charge in [0.25, 0.3) is 0 Å². The van der Waals surface area contributed by atoms with E-state index in [-0.39, 0.29) is 0 Å². The van der Waals surface area contributed by atoms with Crippen LogP contribution in [0.1, 0.15) is 30.3 Å². The fourth-order valence-corrected chi connectivity index (χ4v) is 1.68. The normalized spacial score (nSPS) is 22.9. The summed E-state index contributed by atoms with van der Waals surface area (Å²) < 4.78 is 0. The lowest BCUT2D eigenvalue weighted by Gasteiger charge is -2.10. The maximum Gasteiger partial charge on any atom is 0.0785 e. The Kier molecular flexibility index (Phi) is 2.04. The van der Waals surface area contributed by atoms with Crippen LogP contribution >= 0.6 is 0 Å². The van der Waals surface area contributed by atoms with Gasteiger partial charge >= 0.3 is 0 Å². The molecule has 1 aliphatic heterocycles. The monoisotopic (exact) mass is 163 g/mol. The van der Waals surface area contributed by atoms with Gasteiger partial charge in [-0.05, 0) is 26.3 Å². The van der Waals surface area contributed by atoms with Crippen LogP contribution in [0.5, 0.6) is 0 Å². The van der Waals surface area contributed by atoms with Crippen LogP contribution in [0, 0.1) is 6.92 Å². The van der Waals surface area contributed by atoms with Crippen molar-refractivity contribution < 1.29 is 0 Å². The summed E-state index contributed by atoms with van der Waals surface area (Å²) >= 11 is 0. The lowest BCUT2D eigenvalue weighted by atomic mass is 10.1. The average molecular weight is 163 g/mol. The van der Waals surface area contributed by atoms with E-state index in [1.165, 1.54) is 12.8 Å². The van der Waals surface area contributed by atoms with Gasteiger partial charge in [-0.1, -0.05) is 0 Å². The molecule has 1 N–H and O–H groups in total. The molecule has 0 amide bonds. The second-order valence-electron chi connectivity index (χ2n) is 3.18. The summed E-state index contributed by atoms with van der Waals surface area (Å²) in [5.74, 6) is 0. The van der Waals surface area contributed by atoms with Crippen molar-refractivity contribution in [3.05, 3.63) is 23.8 Å². The maximum absolute atomic E-state index is 4.34. The number of aromatic nitrogens is 2. The molecule has 1 saturated heterocycles. The van der Waals surface area contributed by atoms with Crippen LogP contribution < -0.4 is 5.32 Å². The first-order valence-electron chi connectivity index (χ1n) is 4.39. The molecule has 3 nitrogen and oxygen atoms in total. The minimum atomic E-state index is 0.443. The molecule has 0 spiro atoms. The first-order valence-corrected chi connectivity index (χ1v) is 4.39. The topological polar surface area (TPSA) is 37.8 Å². The standard InChI is InChI=1S/C9H13N3/c1-7-9(12-6-5-10-7)8-3-2-4-11-8/h5-6,8,11H,2-4H2,1H3/t8-/m0/s1. The molecule has 2 heterocycles. The van der Waals surface area contributed by atoms with Gasteiger partial charge in [-0.15, -0.1) is 0 Å². The summed E-state index contributed by atoms with van der Waals surface area (Å²) in [6, 6.07) is 0.443. The minimum absolute atomic E-state index is 0.443. The third-order valence-corrected chi connectivity index (χ3v) is 2.31. The number of rotatable bonds is 1. The molecule has 64 valence electrons. The highest BCUT2D eigenvalue weighted by atomic mass is 15.0. The quantitative estimate of drug-likeness (QED) is 0.676. The van der Waals surface area contributed by atoms with Crippen molar-refractivity contribution in [3.8, 4) is 0 Å². The molecule has 12 heavy (non-hydrogen) atoms. The summed E-state index contributed by atoms with van der Waals surface area (Å²) in [5.41, 5.74) is 2.17. The molecule has 0 aliphatic carbocycles. The van der Waals surface area contributed by atoms with E-state index in [0.717, 1.165) is 17.9 Å². The van der Waals surface area contributed by atoms with E-state index in [1.807, 2.05) is 6.92 Å². The van der Waals surface area contributed by atoms with Crippen molar-refractivity contribution in [3.63, 3.8) is 0 Å². The predicted molar refractivity (Wildman–Crippen MR) is 46.7 cm³/mol.